The van der Waals surface area contributed by atoms with Gasteiger partial charge < -0.3 is 5.73 Å². The summed E-state index contributed by atoms with van der Waals surface area (Å²) in [7, 11) is 0. The van der Waals surface area contributed by atoms with Gasteiger partial charge in [-0.15, -0.1) is 0 Å². The number of hydrogen-bond acceptors (Lipinski definition) is 1. The van der Waals surface area contributed by atoms with Crippen LogP contribution in [-0.4, -0.2) is 4.98 Å². The predicted octanol–water partition coefficient (Wildman–Crippen LogP) is 2.15. The predicted molar refractivity (Wildman–Crippen MR) is 44.5 cm³/mol. The van der Waals surface area contributed by atoms with Crippen LogP contribution >= 0.6 is 0 Å². The molecule has 1 aromatic carbocycles. The first kappa shape index (κ1) is 6.16. The van der Waals surface area contributed by atoms with Gasteiger partial charge >= 0.3 is 0 Å². The van der Waals surface area contributed by atoms with Crippen LogP contribution in [0.15, 0.2) is 36.7 Å². The number of nitrogens with one attached hydrogen (secondary N) is 1. The zero-order valence-electron chi connectivity index (χ0n) is 5.91. The summed E-state index contributed by atoms with van der Waals surface area (Å²) in [4.78, 5) is 3.97. The van der Waals surface area contributed by atoms with E-state index in [1.54, 1.807) is 18.5 Å². The van der Waals surface area contributed by atoms with E-state index in [0.717, 1.165) is 10.8 Å². The van der Waals surface area contributed by atoms with Gasteiger partial charge in [0.15, 0.2) is 0 Å². The molecule has 53 valence electrons. The van der Waals surface area contributed by atoms with Crippen molar-refractivity contribution in [2.24, 2.45) is 0 Å². The number of aromatic nitrogens is 1. The van der Waals surface area contributed by atoms with E-state index in [4.69, 9.17) is 5.73 Å². The third kappa shape index (κ3) is 1.03. The van der Waals surface area contributed by atoms with Gasteiger partial charge in [0, 0.05) is 17.8 Å². The Morgan fingerprint density at radius 3 is 2.91 bits per heavy atom. The number of rotatable bonds is 0. The van der Waals surface area contributed by atoms with Crippen molar-refractivity contribution >= 4 is 16.5 Å². The largest absolute Gasteiger partial charge is 0.301 e. The fourth-order valence-electron chi connectivity index (χ4n) is 1.09. The van der Waals surface area contributed by atoms with E-state index in [-0.39, 0.29) is 0 Å². The molecule has 1 radical (unpaired) electrons. The van der Waals surface area contributed by atoms with E-state index < -0.39 is 0 Å². The molecule has 2 aromatic rings. The highest BCUT2D eigenvalue weighted by atomic mass is 14.6. The lowest BCUT2D eigenvalue weighted by molar-refractivity contribution is 1.36. The van der Waals surface area contributed by atoms with E-state index in [1.165, 1.54) is 0 Å². The second-order valence-corrected chi connectivity index (χ2v) is 2.44. The Bertz CT molecular complexity index is 382. The fourth-order valence-corrected chi connectivity index (χ4v) is 1.09. The number of hydrogen-bond donors (Lipinski definition) is 0. The van der Waals surface area contributed by atoms with E-state index in [1.807, 2.05) is 18.2 Å². The minimum absolute atomic E-state index is 0.533. The Morgan fingerprint density at radius 2 is 2.00 bits per heavy atom. The summed E-state index contributed by atoms with van der Waals surface area (Å²) in [5.41, 5.74) is 7.88. The van der Waals surface area contributed by atoms with Crippen LogP contribution in [0.1, 0.15) is 0 Å². The van der Waals surface area contributed by atoms with Crippen LogP contribution < -0.4 is 5.73 Å². The lowest BCUT2D eigenvalue weighted by Gasteiger charge is -1.95. The van der Waals surface area contributed by atoms with Crippen LogP contribution in [0.3, 0.4) is 0 Å². The number of fused-ring (bicyclic) bond motifs is 1. The smallest absolute Gasteiger partial charge is 0.0546 e. The van der Waals surface area contributed by atoms with Crippen molar-refractivity contribution < 1.29 is 0 Å². The standard InChI is InChI=1S/C9H7N2/c10-9-2-1-7-3-4-11-6-8(7)5-9/h1-6,10H. The summed E-state index contributed by atoms with van der Waals surface area (Å²) in [6.07, 6.45) is 3.53. The molecule has 2 heteroatoms. The van der Waals surface area contributed by atoms with Gasteiger partial charge in [0.05, 0.1) is 5.69 Å². The van der Waals surface area contributed by atoms with Crippen LogP contribution in [0.2, 0.25) is 0 Å². The Kier molecular flexibility index (Phi) is 1.25. The molecule has 1 aromatic heterocycles. The SMILES string of the molecule is [NH]c1ccc2ccncc2c1. The minimum Gasteiger partial charge on any atom is -0.301 e. The van der Waals surface area contributed by atoms with Gasteiger partial charge in [0.2, 0.25) is 0 Å². The Balaban J connectivity index is 2.83. The Hall–Kier alpha value is -1.57. The van der Waals surface area contributed by atoms with Gasteiger partial charge in [-0.2, -0.15) is 0 Å². The maximum atomic E-state index is 7.35. The average molecular weight is 143 g/mol. The first-order valence-corrected chi connectivity index (χ1v) is 3.42. The van der Waals surface area contributed by atoms with Crippen molar-refractivity contribution in [3.63, 3.8) is 0 Å². The topological polar surface area (TPSA) is 36.7 Å². The maximum Gasteiger partial charge on any atom is 0.0546 e. The normalized spacial score (nSPS) is 10.2. The van der Waals surface area contributed by atoms with Gasteiger partial charge in [-0.05, 0) is 23.6 Å². The van der Waals surface area contributed by atoms with Crippen molar-refractivity contribution in [1.82, 2.24) is 10.7 Å². The summed E-state index contributed by atoms with van der Waals surface area (Å²) >= 11 is 0. The van der Waals surface area contributed by atoms with Crippen LogP contribution in [0.25, 0.3) is 10.8 Å². The van der Waals surface area contributed by atoms with Crippen molar-refractivity contribution in [1.29, 1.82) is 0 Å². The summed E-state index contributed by atoms with van der Waals surface area (Å²) in [5.74, 6) is 0. The summed E-state index contributed by atoms with van der Waals surface area (Å²) in [6.45, 7) is 0. The molecule has 0 aliphatic carbocycles. The van der Waals surface area contributed by atoms with Gasteiger partial charge in [-0.1, -0.05) is 6.07 Å². The van der Waals surface area contributed by atoms with E-state index in [2.05, 4.69) is 4.98 Å². The molecule has 1 N–H and O–H groups in total. The lowest BCUT2D eigenvalue weighted by Crippen LogP contribution is -1.74. The van der Waals surface area contributed by atoms with Gasteiger partial charge in [-0.25, -0.2) is 0 Å². The third-order valence-corrected chi connectivity index (χ3v) is 1.64. The molecule has 2 nitrogen and oxygen atoms in total. The van der Waals surface area contributed by atoms with Gasteiger partial charge in [0.1, 0.15) is 0 Å². The number of nitrogens with zero attached hydrogens (tertiary/aromatic N) is 1. The molecule has 0 aliphatic rings. The van der Waals surface area contributed by atoms with Crippen molar-refractivity contribution in [3.8, 4) is 0 Å². The van der Waals surface area contributed by atoms with E-state index >= 15 is 0 Å². The highest BCUT2D eigenvalue weighted by Gasteiger charge is 1.91. The Labute approximate surface area is 64.7 Å². The van der Waals surface area contributed by atoms with Crippen LogP contribution in [0.5, 0.6) is 0 Å². The monoisotopic (exact) mass is 143 g/mol. The second-order valence-electron chi connectivity index (χ2n) is 2.44. The Morgan fingerprint density at radius 1 is 1.09 bits per heavy atom. The molecule has 2 rings (SSSR count). The molecule has 0 aliphatic heterocycles. The average Bonchev–Trinajstić information content (AvgIpc) is 2.04. The molecule has 11 heavy (non-hydrogen) atoms. The van der Waals surface area contributed by atoms with Crippen molar-refractivity contribution in [2.45, 2.75) is 0 Å². The van der Waals surface area contributed by atoms with Crippen LogP contribution in [0.4, 0.5) is 5.69 Å². The first-order valence-electron chi connectivity index (χ1n) is 3.42. The highest BCUT2D eigenvalue weighted by Crippen LogP contribution is 2.15. The summed E-state index contributed by atoms with van der Waals surface area (Å²) in [5, 5.41) is 2.16. The quantitative estimate of drug-likeness (QED) is 0.556. The minimum atomic E-state index is 0.533. The molecule has 0 saturated carbocycles. The molecule has 0 unspecified atom stereocenters. The van der Waals surface area contributed by atoms with Gasteiger partial charge in [0.25, 0.3) is 0 Å². The van der Waals surface area contributed by atoms with Crippen molar-refractivity contribution in [3.05, 3.63) is 36.7 Å². The lowest BCUT2D eigenvalue weighted by atomic mass is 10.2. The molecule has 0 atom stereocenters. The molecule has 1 heterocycles. The number of pyridine rings is 1. The molecule has 0 fully saturated rings. The first-order chi connectivity index (χ1) is 5.36. The van der Waals surface area contributed by atoms with Crippen LogP contribution in [0, 0.1) is 0 Å². The van der Waals surface area contributed by atoms with Gasteiger partial charge in [-0.3, -0.25) is 4.98 Å². The molecule has 0 spiro atoms. The van der Waals surface area contributed by atoms with Crippen LogP contribution in [-0.2, 0) is 0 Å². The molecular weight excluding hydrogens is 136 g/mol. The van der Waals surface area contributed by atoms with E-state index in [0.29, 0.717) is 5.69 Å². The highest BCUT2D eigenvalue weighted by molar-refractivity contribution is 5.83. The molecule has 0 bridgehead atoms. The summed E-state index contributed by atoms with van der Waals surface area (Å²) < 4.78 is 0. The molecule has 0 amide bonds. The second kappa shape index (κ2) is 2.23. The zero-order chi connectivity index (χ0) is 7.68. The fraction of sp³-hybridized carbons (Fsp3) is 0. The molecule has 0 saturated heterocycles. The zero-order valence-corrected chi connectivity index (χ0v) is 5.91. The third-order valence-electron chi connectivity index (χ3n) is 1.64. The van der Waals surface area contributed by atoms with Crippen molar-refractivity contribution in [2.75, 3.05) is 0 Å². The number of benzene rings is 1. The summed E-state index contributed by atoms with van der Waals surface area (Å²) in [6, 6.07) is 7.46. The maximum absolute atomic E-state index is 7.35. The molecular formula is C9H7N2. The van der Waals surface area contributed by atoms with E-state index in [9.17, 15) is 0 Å².